The summed E-state index contributed by atoms with van der Waals surface area (Å²) in [6, 6.07) is 22.4. The van der Waals surface area contributed by atoms with Crippen LogP contribution in [0.15, 0.2) is 77.9 Å². The number of rotatable bonds is 6. The minimum atomic E-state index is -0.232. The van der Waals surface area contributed by atoms with Gasteiger partial charge in [0.1, 0.15) is 12.4 Å². The third kappa shape index (κ3) is 5.19. The number of hydrazone groups is 1. The molecule has 1 amide bonds. The fourth-order valence-electron chi connectivity index (χ4n) is 2.48. The first-order chi connectivity index (χ1) is 13.1. The van der Waals surface area contributed by atoms with Crippen LogP contribution in [0.4, 0.5) is 0 Å². The van der Waals surface area contributed by atoms with E-state index in [1.165, 1.54) is 0 Å². The number of ether oxygens (including phenoxy) is 1. The summed E-state index contributed by atoms with van der Waals surface area (Å²) in [6.07, 6.45) is 1.59. The van der Waals surface area contributed by atoms with Gasteiger partial charge in [-0.25, -0.2) is 5.43 Å². The van der Waals surface area contributed by atoms with Crippen LogP contribution < -0.4 is 10.2 Å². The summed E-state index contributed by atoms with van der Waals surface area (Å²) in [4.78, 5) is 12.1. The summed E-state index contributed by atoms with van der Waals surface area (Å²) in [7, 11) is 0. The van der Waals surface area contributed by atoms with Gasteiger partial charge >= 0.3 is 0 Å². The molecule has 0 saturated heterocycles. The molecular formula is C22H19ClN2O2. The number of aryl methyl sites for hydroxylation is 1. The van der Waals surface area contributed by atoms with E-state index in [2.05, 4.69) is 10.5 Å². The zero-order chi connectivity index (χ0) is 19.1. The molecule has 0 heterocycles. The molecule has 136 valence electrons. The summed E-state index contributed by atoms with van der Waals surface area (Å²) < 4.78 is 5.74. The maximum Gasteiger partial charge on any atom is 0.271 e. The van der Waals surface area contributed by atoms with E-state index in [-0.39, 0.29) is 5.91 Å². The molecule has 0 saturated carbocycles. The maximum atomic E-state index is 12.1. The van der Waals surface area contributed by atoms with E-state index in [1.54, 1.807) is 12.3 Å². The van der Waals surface area contributed by atoms with Gasteiger partial charge in [0, 0.05) is 16.1 Å². The van der Waals surface area contributed by atoms with E-state index in [0.29, 0.717) is 17.2 Å². The molecule has 0 bridgehead atoms. The Morgan fingerprint density at radius 1 is 1.04 bits per heavy atom. The highest BCUT2D eigenvalue weighted by Gasteiger charge is 2.06. The lowest BCUT2D eigenvalue weighted by Gasteiger charge is -2.07. The number of amides is 1. The van der Waals surface area contributed by atoms with Crippen LogP contribution >= 0.6 is 11.6 Å². The van der Waals surface area contributed by atoms with Gasteiger partial charge in [-0.15, -0.1) is 0 Å². The molecule has 4 nitrogen and oxygen atoms in total. The lowest BCUT2D eigenvalue weighted by atomic mass is 10.1. The Hall–Kier alpha value is -3.11. The van der Waals surface area contributed by atoms with Crippen LogP contribution in [0.2, 0.25) is 5.02 Å². The van der Waals surface area contributed by atoms with Crippen molar-refractivity contribution < 1.29 is 9.53 Å². The van der Waals surface area contributed by atoms with Gasteiger partial charge in [0.05, 0.1) is 6.21 Å². The Bertz CT molecular complexity index is 953. The lowest BCUT2D eigenvalue weighted by molar-refractivity contribution is 0.0954. The SMILES string of the molecule is Cc1ccccc1C(=O)N/N=C\c1ccc(OCc2ccccc2Cl)cc1. The minimum absolute atomic E-state index is 0.232. The number of carbonyl (C=O) groups is 1. The van der Waals surface area contributed by atoms with Crippen LogP contribution in [-0.4, -0.2) is 12.1 Å². The molecule has 3 aromatic carbocycles. The van der Waals surface area contributed by atoms with Crippen LogP contribution in [0.5, 0.6) is 5.75 Å². The van der Waals surface area contributed by atoms with E-state index in [0.717, 1.165) is 22.4 Å². The van der Waals surface area contributed by atoms with Crippen LogP contribution in [0.25, 0.3) is 0 Å². The van der Waals surface area contributed by atoms with Crippen LogP contribution in [0.3, 0.4) is 0 Å². The van der Waals surface area contributed by atoms with Crippen molar-refractivity contribution in [3.05, 3.63) is 100 Å². The van der Waals surface area contributed by atoms with Crippen molar-refractivity contribution in [2.75, 3.05) is 0 Å². The first-order valence-electron chi connectivity index (χ1n) is 8.49. The molecule has 0 aliphatic carbocycles. The van der Waals surface area contributed by atoms with Crippen molar-refractivity contribution >= 4 is 23.7 Å². The molecule has 5 heteroatoms. The molecule has 0 fully saturated rings. The van der Waals surface area contributed by atoms with E-state index in [9.17, 15) is 4.79 Å². The monoisotopic (exact) mass is 378 g/mol. The molecule has 0 aliphatic rings. The predicted molar refractivity (Wildman–Crippen MR) is 108 cm³/mol. The number of halogens is 1. The quantitative estimate of drug-likeness (QED) is 0.485. The van der Waals surface area contributed by atoms with Crippen molar-refractivity contribution in [1.82, 2.24) is 5.43 Å². The largest absolute Gasteiger partial charge is 0.489 e. The molecule has 27 heavy (non-hydrogen) atoms. The van der Waals surface area contributed by atoms with Crippen molar-refractivity contribution in [2.24, 2.45) is 5.10 Å². The third-order valence-corrected chi connectivity index (χ3v) is 4.37. The molecule has 0 unspecified atom stereocenters. The van der Waals surface area contributed by atoms with Crippen molar-refractivity contribution in [2.45, 2.75) is 13.5 Å². The number of carbonyl (C=O) groups excluding carboxylic acids is 1. The molecule has 0 atom stereocenters. The number of nitrogens with one attached hydrogen (secondary N) is 1. The molecule has 3 aromatic rings. The van der Waals surface area contributed by atoms with Gasteiger partial charge in [-0.3, -0.25) is 4.79 Å². The molecule has 0 aromatic heterocycles. The van der Waals surface area contributed by atoms with Gasteiger partial charge in [0.15, 0.2) is 0 Å². The normalized spacial score (nSPS) is 10.7. The zero-order valence-electron chi connectivity index (χ0n) is 14.9. The summed E-state index contributed by atoms with van der Waals surface area (Å²) in [5.74, 6) is 0.500. The van der Waals surface area contributed by atoms with E-state index < -0.39 is 0 Å². The highest BCUT2D eigenvalue weighted by Crippen LogP contribution is 2.18. The second kappa shape index (κ2) is 9.01. The molecule has 0 spiro atoms. The number of hydrogen-bond acceptors (Lipinski definition) is 3. The van der Waals surface area contributed by atoms with Crippen molar-refractivity contribution in [1.29, 1.82) is 0 Å². The Kier molecular flexibility index (Phi) is 6.23. The summed E-state index contributed by atoms with van der Waals surface area (Å²) in [5, 5.41) is 4.70. The highest BCUT2D eigenvalue weighted by molar-refractivity contribution is 6.31. The van der Waals surface area contributed by atoms with Gasteiger partial charge in [0.2, 0.25) is 0 Å². The molecule has 0 radical (unpaired) electrons. The van der Waals surface area contributed by atoms with E-state index in [4.69, 9.17) is 16.3 Å². The van der Waals surface area contributed by atoms with Crippen molar-refractivity contribution in [3.8, 4) is 5.75 Å². The molecule has 1 N–H and O–H groups in total. The standard InChI is InChI=1S/C22H19ClN2O2/c1-16-6-2-4-8-20(16)22(26)25-24-14-17-10-12-19(13-11-17)27-15-18-7-3-5-9-21(18)23/h2-14H,15H2,1H3,(H,25,26)/b24-14-. The van der Waals surface area contributed by atoms with Gasteiger partial charge in [-0.2, -0.15) is 5.10 Å². The highest BCUT2D eigenvalue weighted by atomic mass is 35.5. The smallest absolute Gasteiger partial charge is 0.271 e. The predicted octanol–water partition coefficient (Wildman–Crippen LogP) is 4.99. The topological polar surface area (TPSA) is 50.7 Å². The Labute approximate surface area is 163 Å². The first-order valence-corrected chi connectivity index (χ1v) is 8.86. The first kappa shape index (κ1) is 18.7. The van der Waals surface area contributed by atoms with E-state index >= 15 is 0 Å². The fraction of sp³-hybridized carbons (Fsp3) is 0.0909. The summed E-state index contributed by atoms with van der Waals surface area (Å²) in [6.45, 7) is 2.29. The summed E-state index contributed by atoms with van der Waals surface area (Å²) in [5.41, 5.74) is 5.84. The van der Waals surface area contributed by atoms with Gasteiger partial charge in [-0.05, 0) is 54.4 Å². The number of hydrogen-bond donors (Lipinski definition) is 1. The number of benzene rings is 3. The number of nitrogens with zero attached hydrogens (tertiary/aromatic N) is 1. The molecule has 0 aliphatic heterocycles. The molecule has 3 rings (SSSR count). The second-order valence-corrected chi connectivity index (χ2v) is 6.37. The Morgan fingerprint density at radius 3 is 2.48 bits per heavy atom. The summed E-state index contributed by atoms with van der Waals surface area (Å²) >= 11 is 6.12. The zero-order valence-corrected chi connectivity index (χ0v) is 15.6. The Morgan fingerprint density at radius 2 is 1.74 bits per heavy atom. The minimum Gasteiger partial charge on any atom is -0.489 e. The van der Waals surface area contributed by atoms with Gasteiger partial charge in [-0.1, -0.05) is 48.0 Å². The molecular weight excluding hydrogens is 360 g/mol. The van der Waals surface area contributed by atoms with Gasteiger partial charge < -0.3 is 4.74 Å². The average molecular weight is 379 g/mol. The second-order valence-electron chi connectivity index (χ2n) is 5.96. The van der Waals surface area contributed by atoms with Crippen LogP contribution in [0, 0.1) is 6.92 Å². The maximum absolute atomic E-state index is 12.1. The van der Waals surface area contributed by atoms with Gasteiger partial charge in [0.25, 0.3) is 5.91 Å². The lowest BCUT2D eigenvalue weighted by Crippen LogP contribution is -2.18. The van der Waals surface area contributed by atoms with Crippen molar-refractivity contribution in [3.63, 3.8) is 0 Å². The Balaban J connectivity index is 1.54. The van der Waals surface area contributed by atoms with Crippen LogP contribution in [0.1, 0.15) is 27.0 Å². The average Bonchev–Trinajstić information content (AvgIpc) is 2.68. The fourth-order valence-corrected chi connectivity index (χ4v) is 2.67. The third-order valence-electron chi connectivity index (χ3n) is 4.00. The van der Waals surface area contributed by atoms with E-state index in [1.807, 2.05) is 73.7 Å². The van der Waals surface area contributed by atoms with Crippen LogP contribution in [-0.2, 0) is 6.61 Å².